The molecule has 26 heavy (non-hydrogen) atoms. The molecular weight excluding hydrogens is 324 g/mol. The molecule has 2 unspecified atom stereocenters. The number of hydrogen-bond acceptors (Lipinski definition) is 3. The number of aryl methyl sites for hydroxylation is 1. The molecule has 2 N–H and O–H groups in total. The van der Waals surface area contributed by atoms with Gasteiger partial charge in [0, 0.05) is 19.2 Å². The number of unbranched alkanes of at least 4 members (excludes halogenated alkanes) is 1. The molecule has 1 aromatic carbocycles. The largest absolute Gasteiger partial charge is 0.481 e. The van der Waals surface area contributed by atoms with Crippen molar-refractivity contribution in [2.75, 3.05) is 11.9 Å². The topological polar surface area (TPSA) is 62.2 Å². The fourth-order valence-corrected chi connectivity index (χ4v) is 4.01. The summed E-state index contributed by atoms with van der Waals surface area (Å²) in [6.07, 6.45) is 8.75. The normalized spacial score (nSPS) is 19.4. The number of nitrogens with one attached hydrogen (secondary N) is 1. The van der Waals surface area contributed by atoms with E-state index in [2.05, 4.69) is 34.6 Å². The van der Waals surface area contributed by atoms with Crippen LogP contribution >= 0.6 is 0 Å². The van der Waals surface area contributed by atoms with Crippen LogP contribution in [-0.2, 0) is 11.2 Å². The molecule has 1 aliphatic carbocycles. The molecule has 0 spiro atoms. The summed E-state index contributed by atoms with van der Waals surface area (Å²) >= 11 is 0. The van der Waals surface area contributed by atoms with Gasteiger partial charge in [-0.05, 0) is 67.2 Å². The number of aromatic nitrogens is 1. The predicted octanol–water partition coefficient (Wildman–Crippen LogP) is 4.87. The van der Waals surface area contributed by atoms with Gasteiger partial charge in [0.1, 0.15) is 5.82 Å². The molecule has 1 aromatic heterocycles. The second-order valence-corrected chi connectivity index (χ2v) is 7.24. The van der Waals surface area contributed by atoms with Gasteiger partial charge in [0.15, 0.2) is 0 Å². The molecule has 1 heterocycles. The Morgan fingerprint density at radius 3 is 2.69 bits per heavy atom. The summed E-state index contributed by atoms with van der Waals surface area (Å²) in [6, 6.07) is 14.8. The van der Waals surface area contributed by atoms with Crippen LogP contribution in [0.15, 0.2) is 48.7 Å². The van der Waals surface area contributed by atoms with E-state index in [1.54, 1.807) is 6.20 Å². The average Bonchev–Trinajstić information content (AvgIpc) is 3.10. The molecule has 0 aliphatic heterocycles. The average molecular weight is 352 g/mol. The number of aliphatic carboxylic acids is 1. The van der Waals surface area contributed by atoms with Crippen LogP contribution in [0, 0.1) is 5.92 Å². The molecule has 0 bridgehead atoms. The van der Waals surface area contributed by atoms with E-state index in [4.69, 9.17) is 5.11 Å². The molecule has 1 saturated carbocycles. The zero-order chi connectivity index (χ0) is 18.2. The lowest BCUT2D eigenvalue weighted by molar-refractivity contribution is -0.138. The molecule has 4 nitrogen and oxygen atoms in total. The monoisotopic (exact) mass is 352 g/mol. The highest BCUT2D eigenvalue weighted by Gasteiger charge is 2.30. The number of anilines is 1. The minimum absolute atomic E-state index is 0.301. The van der Waals surface area contributed by atoms with Crippen molar-refractivity contribution >= 4 is 11.8 Å². The maximum absolute atomic E-state index is 11.0. The van der Waals surface area contributed by atoms with Gasteiger partial charge < -0.3 is 10.4 Å². The Balaban J connectivity index is 1.42. The van der Waals surface area contributed by atoms with Crippen molar-refractivity contribution in [2.45, 2.75) is 50.9 Å². The molecule has 0 radical (unpaired) electrons. The van der Waals surface area contributed by atoms with Crippen molar-refractivity contribution in [3.63, 3.8) is 0 Å². The van der Waals surface area contributed by atoms with Crippen molar-refractivity contribution in [3.8, 4) is 0 Å². The summed E-state index contributed by atoms with van der Waals surface area (Å²) in [5, 5.41) is 12.4. The van der Waals surface area contributed by atoms with E-state index in [1.807, 2.05) is 18.2 Å². The molecule has 138 valence electrons. The number of carboxylic acid groups (broad SMARTS) is 1. The SMILES string of the molecule is O=C(O)CC1CCCC1c1ccc(CCCCNc2ccccn2)cc1. The van der Waals surface area contributed by atoms with Crippen molar-refractivity contribution < 1.29 is 9.90 Å². The van der Waals surface area contributed by atoms with Gasteiger partial charge in [0.2, 0.25) is 0 Å². The molecule has 3 rings (SSSR count). The Labute approximate surface area is 155 Å². The molecule has 0 saturated heterocycles. The van der Waals surface area contributed by atoms with Crippen LogP contribution in [0.1, 0.15) is 55.6 Å². The minimum atomic E-state index is -0.669. The number of pyridine rings is 1. The molecule has 2 aromatic rings. The van der Waals surface area contributed by atoms with E-state index in [0.717, 1.165) is 50.9 Å². The van der Waals surface area contributed by atoms with Gasteiger partial charge in [-0.2, -0.15) is 0 Å². The first-order valence-corrected chi connectivity index (χ1v) is 9.68. The van der Waals surface area contributed by atoms with Crippen LogP contribution in [0.5, 0.6) is 0 Å². The molecule has 1 fully saturated rings. The van der Waals surface area contributed by atoms with Gasteiger partial charge in [-0.1, -0.05) is 36.8 Å². The van der Waals surface area contributed by atoms with Crippen LogP contribution in [0.3, 0.4) is 0 Å². The molecule has 1 aliphatic rings. The van der Waals surface area contributed by atoms with E-state index in [1.165, 1.54) is 11.1 Å². The summed E-state index contributed by atoms with van der Waals surface area (Å²) in [5.41, 5.74) is 2.67. The summed E-state index contributed by atoms with van der Waals surface area (Å²) in [4.78, 5) is 15.3. The summed E-state index contributed by atoms with van der Waals surface area (Å²) in [7, 11) is 0. The van der Waals surface area contributed by atoms with Gasteiger partial charge in [-0.25, -0.2) is 4.98 Å². The van der Waals surface area contributed by atoms with Gasteiger partial charge in [-0.3, -0.25) is 4.79 Å². The van der Waals surface area contributed by atoms with E-state index in [9.17, 15) is 4.79 Å². The van der Waals surface area contributed by atoms with Gasteiger partial charge >= 0.3 is 5.97 Å². The maximum Gasteiger partial charge on any atom is 0.303 e. The fraction of sp³-hybridized carbons (Fsp3) is 0.455. The summed E-state index contributed by atoms with van der Waals surface area (Å²) in [6.45, 7) is 0.939. The third-order valence-electron chi connectivity index (χ3n) is 5.37. The first-order valence-electron chi connectivity index (χ1n) is 9.68. The highest BCUT2D eigenvalue weighted by molar-refractivity contribution is 5.67. The van der Waals surface area contributed by atoms with E-state index in [0.29, 0.717) is 18.3 Å². The van der Waals surface area contributed by atoms with Gasteiger partial charge in [-0.15, -0.1) is 0 Å². The van der Waals surface area contributed by atoms with Crippen LogP contribution in [0.25, 0.3) is 0 Å². The number of carbonyl (C=O) groups is 1. The summed E-state index contributed by atoms with van der Waals surface area (Å²) in [5.74, 6) is 0.987. The Morgan fingerprint density at radius 1 is 1.12 bits per heavy atom. The van der Waals surface area contributed by atoms with Crippen molar-refractivity contribution in [1.82, 2.24) is 4.98 Å². The molecule has 0 amide bonds. The second kappa shape index (κ2) is 9.37. The highest BCUT2D eigenvalue weighted by atomic mass is 16.4. The summed E-state index contributed by atoms with van der Waals surface area (Å²) < 4.78 is 0. The van der Waals surface area contributed by atoms with Crippen LogP contribution in [0.4, 0.5) is 5.82 Å². The Bertz CT molecular complexity index is 685. The zero-order valence-electron chi connectivity index (χ0n) is 15.2. The van der Waals surface area contributed by atoms with E-state index < -0.39 is 5.97 Å². The Kier molecular flexibility index (Phi) is 6.64. The Hall–Kier alpha value is -2.36. The number of benzene rings is 1. The van der Waals surface area contributed by atoms with Gasteiger partial charge in [0.05, 0.1) is 0 Å². The van der Waals surface area contributed by atoms with Crippen molar-refractivity contribution in [3.05, 3.63) is 59.8 Å². The Morgan fingerprint density at radius 2 is 1.96 bits per heavy atom. The molecule has 2 atom stereocenters. The number of carboxylic acids is 1. The van der Waals surface area contributed by atoms with E-state index >= 15 is 0 Å². The first kappa shape index (κ1) is 18.4. The smallest absolute Gasteiger partial charge is 0.303 e. The zero-order valence-corrected chi connectivity index (χ0v) is 15.2. The van der Waals surface area contributed by atoms with E-state index in [-0.39, 0.29) is 0 Å². The fourth-order valence-electron chi connectivity index (χ4n) is 4.01. The number of hydrogen-bond donors (Lipinski definition) is 2. The third-order valence-corrected chi connectivity index (χ3v) is 5.37. The molecular formula is C22H28N2O2. The predicted molar refractivity (Wildman–Crippen MR) is 104 cm³/mol. The quantitative estimate of drug-likeness (QED) is 0.632. The molecule has 4 heteroatoms. The first-order chi connectivity index (χ1) is 12.7. The van der Waals surface area contributed by atoms with Crippen LogP contribution < -0.4 is 5.32 Å². The van der Waals surface area contributed by atoms with Crippen LogP contribution in [-0.4, -0.2) is 22.6 Å². The lowest BCUT2D eigenvalue weighted by Crippen LogP contribution is -2.11. The van der Waals surface area contributed by atoms with Crippen LogP contribution in [0.2, 0.25) is 0 Å². The second-order valence-electron chi connectivity index (χ2n) is 7.24. The number of rotatable bonds is 9. The van der Waals surface area contributed by atoms with Crippen molar-refractivity contribution in [1.29, 1.82) is 0 Å². The number of nitrogens with zero attached hydrogens (tertiary/aromatic N) is 1. The maximum atomic E-state index is 11.0. The minimum Gasteiger partial charge on any atom is -0.481 e. The third kappa shape index (κ3) is 5.32. The highest BCUT2D eigenvalue weighted by Crippen LogP contribution is 2.41. The van der Waals surface area contributed by atoms with Crippen molar-refractivity contribution in [2.24, 2.45) is 5.92 Å². The lowest BCUT2D eigenvalue weighted by Gasteiger charge is -2.18. The standard InChI is InChI=1S/C22H28N2O2/c25-22(26)16-19-7-5-8-20(19)18-12-10-17(11-13-18)6-1-3-14-23-21-9-2-4-15-24-21/h2,4,9-13,15,19-20H,1,3,5-8,14,16H2,(H,23,24)(H,25,26). The van der Waals surface area contributed by atoms with Gasteiger partial charge in [0.25, 0.3) is 0 Å². The lowest BCUT2D eigenvalue weighted by atomic mass is 9.86.